The van der Waals surface area contributed by atoms with Crippen LogP contribution < -0.4 is 5.32 Å². The van der Waals surface area contributed by atoms with Gasteiger partial charge in [-0.05, 0) is 24.1 Å². The topological polar surface area (TPSA) is 88.3 Å². The number of alkyl halides is 6. The molecule has 2 N–H and O–H groups in total. The van der Waals surface area contributed by atoms with Crippen molar-refractivity contribution in [1.82, 2.24) is 15.5 Å². The molecule has 0 amide bonds. The third-order valence-corrected chi connectivity index (χ3v) is 4.43. The van der Waals surface area contributed by atoms with Gasteiger partial charge in [-0.15, -0.1) is 0 Å². The Labute approximate surface area is 159 Å². The average molecular weight is 411 g/mol. The number of halogens is 6. The lowest BCUT2D eigenvalue weighted by atomic mass is 9.80. The lowest BCUT2D eigenvalue weighted by Crippen LogP contribution is -2.34. The summed E-state index contributed by atoms with van der Waals surface area (Å²) in [5.41, 5.74) is -2.38. The fraction of sp³-hybridized carbons (Fsp3) is 0.278. The van der Waals surface area contributed by atoms with Crippen molar-refractivity contribution in [3.63, 3.8) is 0 Å². The maximum Gasteiger partial charge on any atom is 0.432 e. The molecule has 0 spiro atoms. The lowest BCUT2D eigenvalue weighted by Gasteiger charge is -2.30. The van der Waals surface area contributed by atoms with Gasteiger partial charge < -0.3 is 5.32 Å². The summed E-state index contributed by atoms with van der Waals surface area (Å²) in [6, 6.07) is 7.52. The van der Waals surface area contributed by atoms with E-state index in [2.05, 4.69) is 10.2 Å². The number of benzene rings is 1. The molecule has 0 aliphatic carbocycles. The second kappa shape index (κ2) is 7.17. The SMILES string of the molecule is N#CC1=C(CCC(F)(F)F)NC(C(F)(F)F)=C(C#N)C1c1ccc2[nH]ncc2c1. The van der Waals surface area contributed by atoms with Crippen molar-refractivity contribution in [1.29, 1.82) is 10.5 Å². The zero-order valence-electron chi connectivity index (χ0n) is 14.4. The van der Waals surface area contributed by atoms with Crippen molar-refractivity contribution in [2.24, 2.45) is 0 Å². The molecule has 29 heavy (non-hydrogen) atoms. The molecule has 1 aromatic carbocycles. The number of nitrogens with one attached hydrogen (secondary N) is 2. The van der Waals surface area contributed by atoms with Gasteiger partial charge in [-0.2, -0.15) is 42.0 Å². The van der Waals surface area contributed by atoms with Gasteiger partial charge in [0.2, 0.25) is 0 Å². The summed E-state index contributed by atoms with van der Waals surface area (Å²) >= 11 is 0. The Bertz CT molecular complexity index is 1090. The van der Waals surface area contributed by atoms with E-state index >= 15 is 0 Å². The molecule has 0 saturated heterocycles. The summed E-state index contributed by atoms with van der Waals surface area (Å²) < 4.78 is 78.5. The zero-order valence-corrected chi connectivity index (χ0v) is 14.4. The number of hydrogen-bond acceptors (Lipinski definition) is 4. The number of allylic oxidation sites excluding steroid dienone is 4. The first kappa shape index (κ1) is 20.3. The van der Waals surface area contributed by atoms with Gasteiger partial charge >= 0.3 is 12.4 Å². The van der Waals surface area contributed by atoms with E-state index in [0.717, 1.165) is 0 Å². The van der Waals surface area contributed by atoms with E-state index in [0.29, 0.717) is 10.9 Å². The molecule has 2 aromatic rings. The van der Waals surface area contributed by atoms with Gasteiger partial charge in [0.05, 0.1) is 40.9 Å². The van der Waals surface area contributed by atoms with Crippen LogP contribution in [-0.2, 0) is 0 Å². The smallest absolute Gasteiger partial charge is 0.353 e. The van der Waals surface area contributed by atoms with Crippen molar-refractivity contribution >= 4 is 10.9 Å². The van der Waals surface area contributed by atoms with Crippen LogP contribution in [0.3, 0.4) is 0 Å². The Hall–Kier alpha value is -3.47. The van der Waals surface area contributed by atoms with Crippen LogP contribution in [0.4, 0.5) is 26.3 Å². The molecule has 0 radical (unpaired) electrons. The summed E-state index contributed by atoms with van der Waals surface area (Å²) in [6.45, 7) is 0. The molecule has 5 nitrogen and oxygen atoms in total. The molecule has 11 heteroatoms. The number of nitrogens with zero attached hydrogens (tertiary/aromatic N) is 3. The Kier molecular flexibility index (Phi) is 5.01. The second-order valence-corrected chi connectivity index (χ2v) is 6.29. The summed E-state index contributed by atoms with van der Waals surface area (Å²) in [5, 5.41) is 27.8. The van der Waals surface area contributed by atoms with Crippen LogP contribution in [0.2, 0.25) is 0 Å². The van der Waals surface area contributed by atoms with Crippen molar-refractivity contribution in [2.75, 3.05) is 0 Å². The van der Waals surface area contributed by atoms with Crippen LogP contribution in [0, 0.1) is 22.7 Å². The fourth-order valence-electron chi connectivity index (χ4n) is 3.16. The minimum absolute atomic E-state index is 0.166. The van der Waals surface area contributed by atoms with Crippen molar-refractivity contribution < 1.29 is 26.3 Å². The standard InChI is InChI=1S/C18H11F6N5/c19-17(20,21)4-3-14-11(6-25)15(12(7-26)16(28-14)18(22,23)24)9-1-2-13-10(5-9)8-27-29-13/h1-2,5,8,15,28H,3-4H2,(H,27,29). The molecular weight excluding hydrogens is 400 g/mol. The van der Waals surface area contributed by atoms with Crippen LogP contribution >= 0.6 is 0 Å². The first-order valence-electron chi connectivity index (χ1n) is 8.16. The van der Waals surface area contributed by atoms with Gasteiger partial charge in [0.15, 0.2) is 0 Å². The second-order valence-electron chi connectivity index (χ2n) is 6.29. The van der Waals surface area contributed by atoms with Gasteiger partial charge in [-0.25, -0.2) is 0 Å². The van der Waals surface area contributed by atoms with E-state index in [1.807, 2.05) is 5.32 Å². The number of rotatable bonds is 3. The average Bonchev–Trinajstić information content (AvgIpc) is 3.11. The highest BCUT2D eigenvalue weighted by Gasteiger charge is 2.44. The first-order chi connectivity index (χ1) is 13.5. The van der Waals surface area contributed by atoms with Gasteiger partial charge in [-0.3, -0.25) is 5.10 Å². The van der Waals surface area contributed by atoms with Gasteiger partial charge in [0.1, 0.15) is 5.70 Å². The summed E-state index contributed by atoms with van der Waals surface area (Å²) in [7, 11) is 0. The Balaban J connectivity index is 2.20. The molecule has 1 aromatic heterocycles. The fourth-order valence-corrected chi connectivity index (χ4v) is 3.16. The molecule has 0 saturated carbocycles. The third kappa shape index (κ3) is 4.04. The molecule has 3 rings (SSSR count). The molecule has 1 aliphatic rings. The van der Waals surface area contributed by atoms with Crippen molar-refractivity contribution in [3.8, 4) is 12.1 Å². The number of aromatic amines is 1. The maximum atomic E-state index is 13.5. The molecule has 1 atom stereocenters. The van der Waals surface area contributed by atoms with Gasteiger partial charge in [0, 0.05) is 17.5 Å². The van der Waals surface area contributed by atoms with Crippen molar-refractivity contribution in [3.05, 3.63) is 52.5 Å². The highest BCUT2D eigenvalue weighted by atomic mass is 19.4. The summed E-state index contributed by atoms with van der Waals surface area (Å²) in [4.78, 5) is 0. The Morgan fingerprint density at radius 3 is 2.31 bits per heavy atom. The van der Waals surface area contributed by atoms with Crippen LogP contribution in [-0.4, -0.2) is 22.5 Å². The minimum Gasteiger partial charge on any atom is -0.353 e. The van der Waals surface area contributed by atoms with E-state index in [9.17, 15) is 36.9 Å². The van der Waals surface area contributed by atoms with Crippen LogP contribution in [0.15, 0.2) is 46.9 Å². The molecule has 1 unspecified atom stereocenters. The van der Waals surface area contributed by atoms with Crippen LogP contribution in [0.25, 0.3) is 10.9 Å². The van der Waals surface area contributed by atoms with Gasteiger partial charge in [0.25, 0.3) is 0 Å². The highest BCUT2D eigenvalue weighted by molar-refractivity contribution is 5.79. The molecular formula is C18H11F6N5. The molecule has 0 fully saturated rings. The molecule has 1 aliphatic heterocycles. The maximum absolute atomic E-state index is 13.5. The monoisotopic (exact) mass is 411 g/mol. The first-order valence-corrected chi connectivity index (χ1v) is 8.16. The van der Waals surface area contributed by atoms with E-state index < -0.39 is 48.1 Å². The predicted molar refractivity (Wildman–Crippen MR) is 88.6 cm³/mol. The molecule has 150 valence electrons. The lowest BCUT2D eigenvalue weighted by molar-refractivity contribution is -0.134. The van der Waals surface area contributed by atoms with Crippen LogP contribution in [0.1, 0.15) is 24.3 Å². The number of dihydropyridines is 1. The number of aromatic nitrogens is 2. The number of fused-ring (bicyclic) bond motifs is 1. The van der Waals surface area contributed by atoms with E-state index in [4.69, 9.17) is 0 Å². The number of nitriles is 2. The Morgan fingerprint density at radius 1 is 1.03 bits per heavy atom. The number of H-pyrrole nitrogens is 1. The summed E-state index contributed by atoms with van der Waals surface area (Å²) in [5.74, 6) is -1.45. The molecule has 2 heterocycles. The normalized spacial score (nSPS) is 17.9. The van der Waals surface area contributed by atoms with Gasteiger partial charge in [-0.1, -0.05) is 6.07 Å². The number of hydrogen-bond donors (Lipinski definition) is 2. The minimum atomic E-state index is -5.02. The van der Waals surface area contributed by atoms with Crippen molar-refractivity contribution in [2.45, 2.75) is 31.1 Å². The third-order valence-electron chi connectivity index (χ3n) is 4.43. The van der Waals surface area contributed by atoms with Crippen LogP contribution in [0.5, 0.6) is 0 Å². The molecule has 0 bridgehead atoms. The quantitative estimate of drug-likeness (QED) is 0.716. The largest absolute Gasteiger partial charge is 0.432 e. The predicted octanol–water partition coefficient (Wildman–Crippen LogP) is 4.71. The van der Waals surface area contributed by atoms with E-state index in [1.165, 1.54) is 30.5 Å². The summed E-state index contributed by atoms with van der Waals surface area (Å²) in [6.07, 6.45) is -10.5. The zero-order chi connectivity index (χ0) is 21.4. The Morgan fingerprint density at radius 2 is 1.72 bits per heavy atom. The highest BCUT2D eigenvalue weighted by Crippen LogP contribution is 2.43. The van der Waals surface area contributed by atoms with E-state index in [-0.39, 0.29) is 11.1 Å². The van der Waals surface area contributed by atoms with E-state index in [1.54, 1.807) is 6.07 Å².